The summed E-state index contributed by atoms with van der Waals surface area (Å²) in [6.45, 7) is 2.41. The molecular weight excluding hydrogens is 250 g/mol. The van der Waals surface area contributed by atoms with Gasteiger partial charge in [-0.2, -0.15) is 0 Å². The standard InChI is InChI=1S/C14H18F2N2O/c1-10(8-11-2-4-12(15)5-3-11)18-13(19)14(16)6-7-17-9-14/h2-5,10,17H,6-9H2,1H3,(H,18,19)/t10-,14+/m1/s1. The maximum absolute atomic E-state index is 14.1. The third-order valence-corrected chi connectivity index (χ3v) is 3.34. The molecule has 1 fully saturated rings. The summed E-state index contributed by atoms with van der Waals surface area (Å²) in [4.78, 5) is 11.8. The fourth-order valence-corrected chi connectivity index (χ4v) is 2.23. The molecule has 0 radical (unpaired) electrons. The van der Waals surface area contributed by atoms with Gasteiger partial charge in [0.25, 0.3) is 5.91 Å². The first-order valence-corrected chi connectivity index (χ1v) is 6.45. The molecule has 1 heterocycles. The minimum Gasteiger partial charge on any atom is -0.350 e. The summed E-state index contributed by atoms with van der Waals surface area (Å²) in [5.41, 5.74) is -0.886. The molecule has 2 rings (SSSR count). The van der Waals surface area contributed by atoms with Gasteiger partial charge in [0.05, 0.1) is 0 Å². The first kappa shape index (κ1) is 13.9. The van der Waals surface area contributed by atoms with Gasteiger partial charge in [-0.3, -0.25) is 4.79 Å². The van der Waals surface area contributed by atoms with Crippen LogP contribution in [0.15, 0.2) is 24.3 Å². The van der Waals surface area contributed by atoms with E-state index in [2.05, 4.69) is 10.6 Å². The highest BCUT2D eigenvalue weighted by molar-refractivity contribution is 5.86. The number of carbonyl (C=O) groups excluding carboxylic acids is 1. The summed E-state index contributed by atoms with van der Waals surface area (Å²) in [7, 11) is 0. The highest BCUT2D eigenvalue weighted by Gasteiger charge is 2.41. The molecule has 2 N–H and O–H groups in total. The number of benzene rings is 1. The van der Waals surface area contributed by atoms with E-state index in [0.717, 1.165) is 5.56 Å². The van der Waals surface area contributed by atoms with Crippen LogP contribution in [0.25, 0.3) is 0 Å². The second kappa shape index (κ2) is 5.65. The van der Waals surface area contributed by atoms with Crippen LogP contribution in [0.4, 0.5) is 8.78 Å². The Kier molecular flexibility index (Phi) is 4.14. The SMILES string of the molecule is C[C@H](Cc1ccc(F)cc1)NC(=O)[C@]1(F)CCNC1. The fourth-order valence-electron chi connectivity index (χ4n) is 2.23. The number of carbonyl (C=O) groups is 1. The Morgan fingerprint density at radius 2 is 2.16 bits per heavy atom. The lowest BCUT2D eigenvalue weighted by molar-refractivity contribution is -0.132. The van der Waals surface area contributed by atoms with Crippen molar-refractivity contribution >= 4 is 5.91 Å². The maximum atomic E-state index is 14.1. The Morgan fingerprint density at radius 1 is 1.47 bits per heavy atom. The molecule has 1 aromatic rings. The average molecular weight is 268 g/mol. The van der Waals surface area contributed by atoms with Crippen LogP contribution in [0.1, 0.15) is 18.9 Å². The zero-order chi connectivity index (χ0) is 13.9. The van der Waals surface area contributed by atoms with E-state index < -0.39 is 11.6 Å². The van der Waals surface area contributed by atoms with Crippen molar-refractivity contribution < 1.29 is 13.6 Å². The van der Waals surface area contributed by atoms with Gasteiger partial charge in [0.2, 0.25) is 5.67 Å². The van der Waals surface area contributed by atoms with E-state index in [4.69, 9.17) is 0 Å². The molecule has 1 aromatic carbocycles. The van der Waals surface area contributed by atoms with E-state index in [-0.39, 0.29) is 24.8 Å². The lowest BCUT2D eigenvalue weighted by Gasteiger charge is -2.21. The first-order chi connectivity index (χ1) is 8.99. The third-order valence-electron chi connectivity index (χ3n) is 3.34. The van der Waals surface area contributed by atoms with Gasteiger partial charge >= 0.3 is 0 Å². The van der Waals surface area contributed by atoms with Crippen LogP contribution in [0.5, 0.6) is 0 Å². The Balaban J connectivity index is 1.88. The Bertz CT molecular complexity index is 441. The van der Waals surface area contributed by atoms with Crippen LogP contribution >= 0.6 is 0 Å². The molecule has 0 spiro atoms. The molecule has 0 aliphatic carbocycles. The Morgan fingerprint density at radius 3 is 2.74 bits per heavy atom. The lowest BCUT2D eigenvalue weighted by atomic mass is 10.0. The Labute approximate surface area is 111 Å². The second-order valence-electron chi connectivity index (χ2n) is 5.10. The van der Waals surface area contributed by atoms with Gasteiger partial charge < -0.3 is 10.6 Å². The topological polar surface area (TPSA) is 41.1 Å². The number of halogens is 2. The predicted octanol–water partition coefficient (Wildman–Crippen LogP) is 1.57. The van der Waals surface area contributed by atoms with E-state index in [1.54, 1.807) is 12.1 Å². The van der Waals surface area contributed by atoms with Crippen molar-refractivity contribution in [2.24, 2.45) is 0 Å². The normalized spacial score (nSPS) is 24.2. The van der Waals surface area contributed by atoms with Crippen LogP contribution < -0.4 is 10.6 Å². The maximum Gasteiger partial charge on any atom is 0.259 e. The molecule has 0 bridgehead atoms. The molecule has 2 atom stereocenters. The Hall–Kier alpha value is -1.49. The van der Waals surface area contributed by atoms with Gasteiger partial charge in [0, 0.05) is 19.0 Å². The molecule has 1 aliphatic heterocycles. The van der Waals surface area contributed by atoms with Crippen molar-refractivity contribution in [3.63, 3.8) is 0 Å². The van der Waals surface area contributed by atoms with Crippen molar-refractivity contribution in [2.45, 2.75) is 31.5 Å². The van der Waals surface area contributed by atoms with Gasteiger partial charge in [-0.05, 0) is 37.6 Å². The van der Waals surface area contributed by atoms with Crippen molar-refractivity contribution in [3.8, 4) is 0 Å². The smallest absolute Gasteiger partial charge is 0.259 e. The van der Waals surface area contributed by atoms with Crippen LogP contribution in [-0.2, 0) is 11.2 Å². The molecule has 0 saturated carbocycles. The average Bonchev–Trinajstić information content (AvgIpc) is 2.80. The number of rotatable bonds is 4. The monoisotopic (exact) mass is 268 g/mol. The van der Waals surface area contributed by atoms with Crippen LogP contribution in [0, 0.1) is 5.82 Å². The molecule has 5 heteroatoms. The number of nitrogens with one attached hydrogen (secondary N) is 2. The van der Waals surface area contributed by atoms with Crippen LogP contribution in [-0.4, -0.2) is 30.7 Å². The summed E-state index contributed by atoms with van der Waals surface area (Å²) in [5, 5.41) is 5.52. The van der Waals surface area contributed by atoms with Gasteiger partial charge in [-0.1, -0.05) is 12.1 Å². The summed E-state index contributed by atoms with van der Waals surface area (Å²) in [6.07, 6.45) is 0.762. The number of alkyl halides is 1. The van der Waals surface area contributed by atoms with Gasteiger partial charge in [0.1, 0.15) is 5.82 Å². The summed E-state index contributed by atoms with van der Waals surface area (Å²) in [6, 6.07) is 5.90. The molecule has 3 nitrogen and oxygen atoms in total. The number of hydrogen-bond acceptors (Lipinski definition) is 2. The van der Waals surface area contributed by atoms with Gasteiger partial charge in [-0.15, -0.1) is 0 Å². The zero-order valence-electron chi connectivity index (χ0n) is 10.9. The van der Waals surface area contributed by atoms with Crippen LogP contribution in [0.2, 0.25) is 0 Å². The summed E-state index contributed by atoms with van der Waals surface area (Å²) >= 11 is 0. The van der Waals surface area contributed by atoms with E-state index in [0.29, 0.717) is 13.0 Å². The molecule has 1 saturated heterocycles. The minimum absolute atomic E-state index is 0.0715. The molecule has 19 heavy (non-hydrogen) atoms. The fraction of sp³-hybridized carbons (Fsp3) is 0.500. The van der Waals surface area contributed by atoms with Crippen molar-refractivity contribution in [2.75, 3.05) is 13.1 Å². The van der Waals surface area contributed by atoms with Gasteiger partial charge in [-0.25, -0.2) is 8.78 Å². The minimum atomic E-state index is -1.79. The van der Waals surface area contributed by atoms with E-state index in [9.17, 15) is 13.6 Å². The van der Waals surface area contributed by atoms with Gasteiger partial charge in [0.15, 0.2) is 0 Å². The van der Waals surface area contributed by atoms with Crippen molar-refractivity contribution in [1.82, 2.24) is 10.6 Å². The summed E-state index contributed by atoms with van der Waals surface area (Å²) < 4.78 is 26.9. The molecule has 104 valence electrons. The van der Waals surface area contributed by atoms with Crippen LogP contribution in [0.3, 0.4) is 0 Å². The molecular formula is C14H18F2N2O. The van der Waals surface area contributed by atoms with E-state index in [1.807, 2.05) is 6.92 Å². The predicted molar refractivity (Wildman–Crippen MR) is 69.0 cm³/mol. The lowest BCUT2D eigenvalue weighted by Crippen LogP contribution is -2.48. The highest BCUT2D eigenvalue weighted by atomic mass is 19.1. The molecule has 0 unspecified atom stereocenters. The van der Waals surface area contributed by atoms with Crippen molar-refractivity contribution in [1.29, 1.82) is 0 Å². The second-order valence-corrected chi connectivity index (χ2v) is 5.10. The highest BCUT2D eigenvalue weighted by Crippen LogP contribution is 2.20. The molecule has 1 amide bonds. The summed E-state index contributed by atoms with van der Waals surface area (Å²) in [5.74, 6) is -0.854. The largest absolute Gasteiger partial charge is 0.350 e. The number of amides is 1. The van der Waals surface area contributed by atoms with E-state index in [1.165, 1.54) is 12.1 Å². The van der Waals surface area contributed by atoms with E-state index >= 15 is 0 Å². The zero-order valence-corrected chi connectivity index (χ0v) is 10.9. The quantitative estimate of drug-likeness (QED) is 0.870. The van der Waals surface area contributed by atoms with Crippen molar-refractivity contribution in [3.05, 3.63) is 35.6 Å². The molecule has 0 aromatic heterocycles. The number of hydrogen-bond donors (Lipinski definition) is 2. The third kappa shape index (κ3) is 3.50. The molecule has 1 aliphatic rings. The first-order valence-electron chi connectivity index (χ1n) is 6.45.